The molecule has 6 heteroatoms. The highest BCUT2D eigenvalue weighted by molar-refractivity contribution is 5.60. The third-order valence-corrected chi connectivity index (χ3v) is 3.47. The van der Waals surface area contributed by atoms with Crippen LogP contribution in [0, 0.1) is 5.92 Å². The molecule has 1 atom stereocenters. The lowest BCUT2D eigenvalue weighted by molar-refractivity contribution is 0.343. The molecule has 1 aliphatic carbocycles. The molecular formula is C14H17N3O3. The Labute approximate surface area is 116 Å². The second-order valence-corrected chi connectivity index (χ2v) is 4.92. The highest BCUT2D eigenvalue weighted by atomic mass is 16.5. The standard InChI is InChI=1S/C14H17N3O3/c1-18-10-5-9(6-11(7-10)19-2)13-16-14(20-17-13)12(15)8-3-4-8/h5-8,12H,3-4,15H2,1-2H3. The fourth-order valence-corrected chi connectivity index (χ4v) is 2.08. The first-order valence-electron chi connectivity index (χ1n) is 6.54. The van der Waals surface area contributed by atoms with Crippen molar-refractivity contribution in [3.05, 3.63) is 24.1 Å². The van der Waals surface area contributed by atoms with E-state index in [0.29, 0.717) is 29.1 Å². The van der Waals surface area contributed by atoms with Crippen LogP contribution < -0.4 is 15.2 Å². The van der Waals surface area contributed by atoms with Crippen molar-refractivity contribution in [1.82, 2.24) is 10.1 Å². The summed E-state index contributed by atoms with van der Waals surface area (Å²) in [6.07, 6.45) is 2.26. The molecule has 0 spiro atoms. The topological polar surface area (TPSA) is 83.4 Å². The minimum atomic E-state index is -0.163. The van der Waals surface area contributed by atoms with E-state index >= 15 is 0 Å². The molecule has 2 N–H and O–H groups in total. The number of benzene rings is 1. The highest BCUT2D eigenvalue weighted by Crippen LogP contribution is 2.39. The van der Waals surface area contributed by atoms with Gasteiger partial charge < -0.3 is 19.7 Å². The van der Waals surface area contributed by atoms with E-state index in [1.807, 2.05) is 12.1 Å². The summed E-state index contributed by atoms with van der Waals surface area (Å²) in [5, 5.41) is 3.99. The van der Waals surface area contributed by atoms with Crippen LogP contribution in [0.1, 0.15) is 24.8 Å². The molecule has 20 heavy (non-hydrogen) atoms. The summed E-state index contributed by atoms with van der Waals surface area (Å²) < 4.78 is 15.7. The second kappa shape index (κ2) is 5.13. The third-order valence-electron chi connectivity index (χ3n) is 3.47. The van der Waals surface area contributed by atoms with Gasteiger partial charge in [0.2, 0.25) is 11.7 Å². The highest BCUT2D eigenvalue weighted by Gasteiger charge is 2.33. The summed E-state index contributed by atoms with van der Waals surface area (Å²) in [6.45, 7) is 0. The number of nitrogens with zero attached hydrogens (tertiary/aromatic N) is 2. The van der Waals surface area contributed by atoms with E-state index in [1.165, 1.54) is 0 Å². The van der Waals surface area contributed by atoms with E-state index < -0.39 is 0 Å². The minimum Gasteiger partial charge on any atom is -0.497 e. The number of methoxy groups -OCH3 is 2. The summed E-state index contributed by atoms with van der Waals surface area (Å²) in [5.74, 6) is 2.81. The van der Waals surface area contributed by atoms with Crippen LogP contribution in [-0.2, 0) is 0 Å². The van der Waals surface area contributed by atoms with E-state index in [2.05, 4.69) is 10.1 Å². The number of aromatic nitrogens is 2. The fourth-order valence-electron chi connectivity index (χ4n) is 2.08. The van der Waals surface area contributed by atoms with Crippen LogP contribution in [0.25, 0.3) is 11.4 Å². The van der Waals surface area contributed by atoms with Crippen molar-refractivity contribution in [2.75, 3.05) is 14.2 Å². The van der Waals surface area contributed by atoms with Crippen molar-refractivity contribution < 1.29 is 14.0 Å². The van der Waals surface area contributed by atoms with Crippen LogP contribution in [-0.4, -0.2) is 24.4 Å². The lowest BCUT2D eigenvalue weighted by Crippen LogP contribution is -2.12. The molecule has 1 saturated carbocycles. The molecule has 3 rings (SSSR count). The number of rotatable bonds is 5. The first-order valence-corrected chi connectivity index (χ1v) is 6.54. The maximum absolute atomic E-state index is 6.06. The van der Waals surface area contributed by atoms with Gasteiger partial charge in [0.05, 0.1) is 20.3 Å². The number of hydrogen-bond donors (Lipinski definition) is 1. The quantitative estimate of drug-likeness (QED) is 0.900. The van der Waals surface area contributed by atoms with E-state index in [-0.39, 0.29) is 6.04 Å². The van der Waals surface area contributed by atoms with Crippen molar-refractivity contribution in [2.24, 2.45) is 11.7 Å². The first kappa shape index (κ1) is 12.9. The summed E-state index contributed by atoms with van der Waals surface area (Å²) in [6, 6.07) is 5.30. The molecule has 2 aromatic rings. The Hall–Kier alpha value is -2.08. The number of hydrogen-bond acceptors (Lipinski definition) is 6. The molecule has 1 heterocycles. The predicted octanol–water partition coefficient (Wildman–Crippen LogP) is 2.16. The molecule has 1 aliphatic rings. The maximum atomic E-state index is 6.06. The van der Waals surface area contributed by atoms with E-state index in [0.717, 1.165) is 18.4 Å². The fraction of sp³-hybridized carbons (Fsp3) is 0.429. The van der Waals surface area contributed by atoms with E-state index in [1.54, 1.807) is 20.3 Å². The van der Waals surface area contributed by atoms with E-state index in [4.69, 9.17) is 19.7 Å². The van der Waals surface area contributed by atoms with Crippen molar-refractivity contribution >= 4 is 0 Å². The van der Waals surface area contributed by atoms with Gasteiger partial charge in [0.1, 0.15) is 11.5 Å². The summed E-state index contributed by atoms with van der Waals surface area (Å²) in [4.78, 5) is 4.38. The van der Waals surface area contributed by atoms with Gasteiger partial charge >= 0.3 is 0 Å². The molecule has 6 nitrogen and oxygen atoms in total. The Morgan fingerprint density at radius 1 is 1.20 bits per heavy atom. The first-order chi connectivity index (χ1) is 9.71. The largest absolute Gasteiger partial charge is 0.497 e. The van der Waals surface area contributed by atoms with Gasteiger partial charge in [0.25, 0.3) is 0 Å². The molecule has 106 valence electrons. The van der Waals surface area contributed by atoms with Gasteiger partial charge in [-0.25, -0.2) is 0 Å². The van der Waals surface area contributed by atoms with Crippen LogP contribution in [0.3, 0.4) is 0 Å². The molecule has 0 saturated heterocycles. The molecule has 0 aliphatic heterocycles. The Morgan fingerprint density at radius 2 is 1.85 bits per heavy atom. The van der Waals surface area contributed by atoms with Gasteiger partial charge in [-0.05, 0) is 30.9 Å². The Balaban J connectivity index is 1.91. The second-order valence-electron chi connectivity index (χ2n) is 4.92. The molecule has 1 aromatic heterocycles. The predicted molar refractivity (Wildman–Crippen MR) is 72.5 cm³/mol. The lowest BCUT2D eigenvalue weighted by Gasteiger charge is -2.06. The zero-order chi connectivity index (χ0) is 14.1. The van der Waals surface area contributed by atoms with Gasteiger partial charge in [-0.1, -0.05) is 5.16 Å². The molecule has 0 radical (unpaired) electrons. The van der Waals surface area contributed by atoms with Crippen LogP contribution in [0.15, 0.2) is 22.7 Å². The molecule has 0 bridgehead atoms. The maximum Gasteiger partial charge on any atom is 0.244 e. The van der Waals surface area contributed by atoms with Crippen molar-refractivity contribution in [3.8, 4) is 22.9 Å². The van der Waals surface area contributed by atoms with Crippen molar-refractivity contribution in [1.29, 1.82) is 0 Å². The minimum absolute atomic E-state index is 0.163. The van der Waals surface area contributed by atoms with Crippen molar-refractivity contribution in [2.45, 2.75) is 18.9 Å². The van der Waals surface area contributed by atoms with E-state index in [9.17, 15) is 0 Å². The zero-order valence-electron chi connectivity index (χ0n) is 11.5. The summed E-state index contributed by atoms with van der Waals surface area (Å²) in [7, 11) is 3.20. The number of nitrogens with two attached hydrogens (primary N) is 1. The Bertz CT molecular complexity index is 585. The summed E-state index contributed by atoms with van der Waals surface area (Å²) in [5.41, 5.74) is 6.84. The third kappa shape index (κ3) is 2.46. The Kier molecular flexibility index (Phi) is 3.31. The van der Waals surface area contributed by atoms with Crippen LogP contribution in [0.5, 0.6) is 11.5 Å². The molecule has 1 unspecified atom stereocenters. The van der Waals surface area contributed by atoms with Gasteiger partial charge in [0, 0.05) is 11.6 Å². The van der Waals surface area contributed by atoms with Gasteiger partial charge in [-0.2, -0.15) is 4.98 Å². The molecule has 1 fully saturated rings. The monoisotopic (exact) mass is 275 g/mol. The zero-order valence-corrected chi connectivity index (χ0v) is 11.5. The Morgan fingerprint density at radius 3 is 2.40 bits per heavy atom. The van der Waals surface area contributed by atoms with Gasteiger partial charge in [-0.15, -0.1) is 0 Å². The normalized spacial score (nSPS) is 15.9. The van der Waals surface area contributed by atoms with Crippen LogP contribution in [0.2, 0.25) is 0 Å². The van der Waals surface area contributed by atoms with Gasteiger partial charge in [0.15, 0.2) is 0 Å². The average molecular weight is 275 g/mol. The number of ether oxygens (including phenoxy) is 2. The SMILES string of the molecule is COc1cc(OC)cc(-c2noc(C(N)C3CC3)n2)c1. The summed E-state index contributed by atoms with van der Waals surface area (Å²) >= 11 is 0. The molecule has 0 amide bonds. The van der Waals surface area contributed by atoms with Crippen LogP contribution in [0.4, 0.5) is 0 Å². The van der Waals surface area contributed by atoms with Crippen LogP contribution >= 0.6 is 0 Å². The molecular weight excluding hydrogens is 258 g/mol. The molecule has 1 aromatic carbocycles. The van der Waals surface area contributed by atoms with Gasteiger partial charge in [-0.3, -0.25) is 0 Å². The smallest absolute Gasteiger partial charge is 0.244 e. The lowest BCUT2D eigenvalue weighted by atomic mass is 10.2. The van der Waals surface area contributed by atoms with Crippen molar-refractivity contribution in [3.63, 3.8) is 0 Å². The average Bonchev–Trinajstić information content (AvgIpc) is 3.22.